The summed E-state index contributed by atoms with van der Waals surface area (Å²) in [6.45, 7) is 1.57. The van der Waals surface area contributed by atoms with Crippen LogP contribution in [0.15, 0.2) is 48.5 Å². The number of nitrogens with zero attached hydrogens (tertiary/aromatic N) is 2. The van der Waals surface area contributed by atoms with Crippen LogP contribution >= 0.6 is 0 Å². The summed E-state index contributed by atoms with van der Waals surface area (Å²) in [5.41, 5.74) is 7.93. The number of rotatable bonds is 8. The fourth-order valence-corrected chi connectivity index (χ4v) is 3.50. The zero-order valence-corrected chi connectivity index (χ0v) is 16.4. The number of carbonyl (C=O) groups excluding carboxylic acids is 2. The molecule has 0 fully saturated rings. The topological polar surface area (TPSA) is 96.1 Å². The van der Waals surface area contributed by atoms with Gasteiger partial charge in [0.15, 0.2) is 0 Å². The molecule has 0 spiro atoms. The summed E-state index contributed by atoms with van der Waals surface area (Å²) >= 11 is 0. The van der Waals surface area contributed by atoms with E-state index in [1.807, 2.05) is 29.2 Å². The van der Waals surface area contributed by atoms with Crippen LogP contribution in [0.2, 0.25) is 0 Å². The Hall–Kier alpha value is -3.06. The van der Waals surface area contributed by atoms with Gasteiger partial charge in [-0.2, -0.15) is 0 Å². The van der Waals surface area contributed by atoms with Crippen LogP contribution in [0.5, 0.6) is 5.75 Å². The maximum Gasteiger partial charge on any atom is 0.338 e. The first kappa shape index (κ1) is 20.7. The predicted octanol–water partition coefficient (Wildman–Crippen LogP) is 2.86. The van der Waals surface area contributed by atoms with Crippen LogP contribution in [-0.2, 0) is 12.8 Å². The third-order valence-electron chi connectivity index (χ3n) is 5.03. The summed E-state index contributed by atoms with van der Waals surface area (Å²) in [5.74, 6) is 0.666. The van der Waals surface area contributed by atoms with Crippen molar-refractivity contribution >= 4 is 11.9 Å². The molecule has 3 rings (SSSR count). The van der Waals surface area contributed by atoms with Gasteiger partial charge in [-0.3, -0.25) is 10.0 Å². The lowest BCUT2D eigenvalue weighted by molar-refractivity contribution is -0.0464. The number of hydrogen-bond donors (Lipinski definition) is 2. The zero-order valence-electron chi connectivity index (χ0n) is 16.4. The highest BCUT2D eigenvalue weighted by atomic mass is 16.5. The van der Waals surface area contributed by atoms with Gasteiger partial charge in [-0.15, -0.1) is 0 Å². The van der Waals surface area contributed by atoms with Crippen LogP contribution in [-0.4, -0.2) is 53.3 Å². The molecule has 0 aromatic heterocycles. The van der Waals surface area contributed by atoms with Crippen LogP contribution in [0.4, 0.5) is 4.79 Å². The number of hydrogen-bond acceptors (Lipinski definition) is 4. The molecule has 2 aromatic carbocycles. The lowest BCUT2D eigenvalue weighted by Gasteiger charge is -2.21. The van der Waals surface area contributed by atoms with E-state index in [9.17, 15) is 14.8 Å². The molecule has 7 nitrogen and oxygen atoms in total. The predicted molar refractivity (Wildman–Crippen MR) is 109 cm³/mol. The van der Waals surface area contributed by atoms with E-state index in [1.54, 1.807) is 12.1 Å². The first-order valence-corrected chi connectivity index (χ1v) is 9.89. The van der Waals surface area contributed by atoms with Crippen molar-refractivity contribution in [1.82, 2.24) is 9.96 Å². The van der Waals surface area contributed by atoms with Crippen LogP contribution in [0.1, 0.15) is 34.3 Å². The standard InChI is InChI=1S/C22H27N3O4/c23-22(27)25(28)14-15-29-19-10-11-20-18(16-19)9-5-13-24(21(20)26)12-4-8-17-6-2-1-3-7-17/h1-3,6-7,10-11,16,28H,4-5,8-9,12-15H2,(H2,23,27). The Bertz CT molecular complexity index is 841. The molecule has 1 aliphatic heterocycles. The van der Waals surface area contributed by atoms with Crippen molar-refractivity contribution in [3.05, 3.63) is 65.2 Å². The number of hydroxylamine groups is 2. The van der Waals surface area contributed by atoms with Crippen molar-refractivity contribution in [3.63, 3.8) is 0 Å². The zero-order chi connectivity index (χ0) is 20.6. The van der Waals surface area contributed by atoms with E-state index >= 15 is 0 Å². The molecule has 29 heavy (non-hydrogen) atoms. The second-order valence-electron chi connectivity index (χ2n) is 7.11. The van der Waals surface area contributed by atoms with E-state index < -0.39 is 6.03 Å². The monoisotopic (exact) mass is 397 g/mol. The molecule has 0 aliphatic carbocycles. The first-order valence-electron chi connectivity index (χ1n) is 9.89. The van der Waals surface area contributed by atoms with E-state index in [4.69, 9.17) is 10.5 Å². The largest absolute Gasteiger partial charge is 0.492 e. The number of nitrogens with two attached hydrogens (primary N) is 1. The Morgan fingerprint density at radius 3 is 2.76 bits per heavy atom. The lowest BCUT2D eigenvalue weighted by Crippen LogP contribution is -2.35. The number of aryl methyl sites for hydroxylation is 2. The molecule has 154 valence electrons. The van der Waals surface area contributed by atoms with Crippen molar-refractivity contribution in [3.8, 4) is 5.75 Å². The average Bonchev–Trinajstić information content (AvgIpc) is 2.87. The minimum absolute atomic E-state index is 0.0272. The summed E-state index contributed by atoms with van der Waals surface area (Å²) < 4.78 is 5.58. The quantitative estimate of drug-likeness (QED) is 0.529. The molecule has 2 aromatic rings. The van der Waals surface area contributed by atoms with Crippen LogP contribution < -0.4 is 10.5 Å². The molecule has 3 N–H and O–H groups in total. The highest BCUT2D eigenvalue weighted by Gasteiger charge is 2.22. The van der Waals surface area contributed by atoms with Gasteiger partial charge in [-0.1, -0.05) is 30.3 Å². The molecule has 0 radical (unpaired) electrons. The number of primary amides is 1. The van der Waals surface area contributed by atoms with Gasteiger partial charge in [0.25, 0.3) is 5.91 Å². The Balaban J connectivity index is 1.57. The van der Waals surface area contributed by atoms with Gasteiger partial charge in [0, 0.05) is 18.7 Å². The fourth-order valence-electron chi connectivity index (χ4n) is 3.50. The van der Waals surface area contributed by atoms with Gasteiger partial charge in [0.2, 0.25) is 0 Å². The van der Waals surface area contributed by atoms with Crippen molar-refractivity contribution < 1.29 is 19.5 Å². The molecule has 7 heteroatoms. The van der Waals surface area contributed by atoms with Gasteiger partial charge in [-0.05, 0) is 55.0 Å². The molecule has 0 atom stereocenters. The maximum atomic E-state index is 13.0. The van der Waals surface area contributed by atoms with Crippen molar-refractivity contribution in [1.29, 1.82) is 0 Å². The highest BCUT2D eigenvalue weighted by molar-refractivity contribution is 5.96. The van der Waals surface area contributed by atoms with Gasteiger partial charge in [-0.25, -0.2) is 9.86 Å². The molecule has 1 heterocycles. The lowest BCUT2D eigenvalue weighted by atomic mass is 10.0. The van der Waals surface area contributed by atoms with Crippen molar-refractivity contribution in [2.75, 3.05) is 26.2 Å². The SMILES string of the molecule is NC(=O)N(O)CCOc1ccc2c(c1)CCCN(CCCc1ccccc1)C2=O. The van der Waals surface area contributed by atoms with E-state index in [-0.39, 0.29) is 19.1 Å². The van der Waals surface area contributed by atoms with E-state index in [2.05, 4.69) is 12.1 Å². The molecule has 0 saturated carbocycles. The van der Waals surface area contributed by atoms with E-state index in [0.29, 0.717) is 10.8 Å². The number of carbonyl (C=O) groups is 2. The van der Waals surface area contributed by atoms with Gasteiger partial charge in [0.1, 0.15) is 12.4 Å². The summed E-state index contributed by atoms with van der Waals surface area (Å²) in [7, 11) is 0. The number of fused-ring (bicyclic) bond motifs is 1. The summed E-state index contributed by atoms with van der Waals surface area (Å²) in [5, 5.41) is 9.67. The molecule has 1 aliphatic rings. The van der Waals surface area contributed by atoms with Crippen LogP contribution in [0, 0.1) is 0 Å². The number of amides is 3. The van der Waals surface area contributed by atoms with Crippen LogP contribution in [0.3, 0.4) is 0 Å². The van der Waals surface area contributed by atoms with Gasteiger partial charge >= 0.3 is 6.03 Å². The summed E-state index contributed by atoms with van der Waals surface area (Å²) in [4.78, 5) is 25.7. The second-order valence-corrected chi connectivity index (χ2v) is 7.11. The van der Waals surface area contributed by atoms with Crippen molar-refractivity contribution in [2.24, 2.45) is 5.73 Å². The Labute approximate surface area is 170 Å². The number of urea groups is 1. The molecule has 0 bridgehead atoms. The first-order chi connectivity index (χ1) is 14.0. The third kappa shape index (κ3) is 5.71. The summed E-state index contributed by atoms with van der Waals surface area (Å²) in [6.07, 6.45) is 3.60. The van der Waals surface area contributed by atoms with E-state index in [1.165, 1.54) is 5.56 Å². The Morgan fingerprint density at radius 1 is 1.21 bits per heavy atom. The normalized spacial score (nSPS) is 13.6. The molecule has 0 saturated heterocycles. The molecule has 3 amide bonds. The fraction of sp³-hybridized carbons (Fsp3) is 0.364. The highest BCUT2D eigenvalue weighted by Crippen LogP contribution is 2.24. The second kappa shape index (κ2) is 9.93. The number of ether oxygens (including phenoxy) is 1. The molecule has 0 unspecified atom stereocenters. The van der Waals surface area contributed by atoms with Crippen LogP contribution in [0.25, 0.3) is 0 Å². The smallest absolute Gasteiger partial charge is 0.338 e. The van der Waals surface area contributed by atoms with Gasteiger partial charge < -0.3 is 15.4 Å². The summed E-state index contributed by atoms with van der Waals surface area (Å²) in [6, 6.07) is 14.8. The molecular weight excluding hydrogens is 370 g/mol. The van der Waals surface area contributed by atoms with Crippen molar-refractivity contribution in [2.45, 2.75) is 25.7 Å². The third-order valence-corrected chi connectivity index (χ3v) is 5.03. The Morgan fingerprint density at radius 2 is 2.00 bits per heavy atom. The minimum Gasteiger partial charge on any atom is -0.492 e. The minimum atomic E-state index is -0.923. The number of benzene rings is 2. The van der Waals surface area contributed by atoms with Gasteiger partial charge in [0.05, 0.1) is 6.54 Å². The average molecular weight is 397 g/mol. The maximum absolute atomic E-state index is 13.0. The van der Waals surface area contributed by atoms with E-state index in [0.717, 1.165) is 49.9 Å². The molecular formula is C22H27N3O4. The Kier molecular flexibility index (Phi) is 7.08.